The van der Waals surface area contributed by atoms with E-state index < -0.39 is 0 Å². The molecule has 0 bridgehead atoms. The average Bonchev–Trinajstić information content (AvgIpc) is 2.15. The van der Waals surface area contributed by atoms with Gasteiger partial charge in [0.1, 0.15) is 0 Å². The quantitative estimate of drug-likeness (QED) is 0.658. The molecule has 0 aromatic carbocycles. The largest absolute Gasteiger partial charge is 0.330 e. The van der Waals surface area contributed by atoms with E-state index in [-0.39, 0.29) is 0 Å². The smallest absolute Gasteiger partial charge is 0.00867 e. The molecule has 0 radical (unpaired) electrons. The van der Waals surface area contributed by atoms with Crippen LogP contribution in [0.15, 0.2) is 0 Å². The molecule has 72 valence electrons. The van der Waals surface area contributed by atoms with E-state index in [1.807, 2.05) is 0 Å². The molecule has 1 aliphatic rings. The number of hydrogen-bond donors (Lipinski definition) is 2. The van der Waals surface area contributed by atoms with Gasteiger partial charge in [0.05, 0.1) is 0 Å². The lowest BCUT2D eigenvalue weighted by molar-refractivity contribution is 0.281. The first-order valence-electron chi connectivity index (χ1n) is 4.82. The molecule has 0 aromatic rings. The summed E-state index contributed by atoms with van der Waals surface area (Å²) in [6.07, 6.45) is 7.52. The number of rotatable bonds is 4. The number of nitrogens with two attached hydrogens (primary N) is 1. The van der Waals surface area contributed by atoms with Crippen LogP contribution in [-0.2, 0) is 0 Å². The van der Waals surface area contributed by atoms with Crippen LogP contribution in [0.4, 0.5) is 0 Å². The van der Waals surface area contributed by atoms with Gasteiger partial charge in [-0.05, 0) is 50.3 Å². The van der Waals surface area contributed by atoms with Crippen molar-refractivity contribution in [1.29, 1.82) is 0 Å². The molecule has 1 rings (SSSR count). The van der Waals surface area contributed by atoms with Crippen LogP contribution in [0.25, 0.3) is 0 Å². The minimum atomic E-state index is 0.815. The zero-order valence-electron chi connectivity index (χ0n) is 7.88. The van der Waals surface area contributed by atoms with Crippen LogP contribution in [0.3, 0.4) is 0 Å². The monoisotopic (exact) mass is 188 g/mol. The van der Waals surface area contributed by atoms with E-state index in [1.54, 1.807) is 11.9 Å². The molecule has 2 nitrogen and oxygen atoms in total. The Labute approximate surface area is 79.8 Å². The SMILES string of the molecule is CSNCC1CCC(CN)CC1. The molecule has 12 heavy (non-hydrogen) atoms. The summed E-state index contributed by atoms with van der Waals surface area (Å²) in [5.74, 6) is 1.72. The molecule has 1 aliphatic carbocycles. The van der Waals surface area contributed by atoms with Crippen LogP contribution in [0, 0.1) is 11.8 Å². The van der Waals surface area contributed by atoms with E-state index in [4.69, 9.17) is 5.73 Å². The van der Waals surface area contributed by atoms with Crippen molar-refractivity contribution in [2.24, 2.45) is 17.6 Å². The van der Waals surface area contributed by atoms with Crippen molar-refractivity contribution in [2.45, 2.75) is 25.7 Å². The second-order valence-corrected chi connectivity index (χ2v) is 4.37. The first-order chi connectivity index (χ1) is 5.86. The minimum Gasteiger partial charge on any atom is -0.330 e. The van der Waals surface area contributed by atoms with Crippen molar-refractivity contribution in [1.82, 2.24) is 4.72 Å². The van der Waals surface area contributed by atoms with Crippen molar-refractivity contribution in [3.8, 4) is 0 Å². The Hall–Kier alpha value is 0.270. The second-order valence-electron chi connectivity index (χ2n) is 3.68. The van der Waals surface area contributed by atoms with Gasteiger partial charge in [0.15, 0.2) is 0 Å². The Morgan fingerprint density at radius 1 is 1.25 bits per heavy atom. The minimum absolute atomic E-state index is 0.815. The molecule has 1 fully saturated rings. The molecule has 0 aliphatic heterocycles. The molecule has 0 atom stereocenters. The molecule has 0 spiro atoms. The highest BCUT2D eigenvalue weighted by atomic mass is 32.2. The Kier molecular flexibility index (Phi) is 5.04. The van der Waals surface area contributed by atoms with Crippen molar-refractivity contribution < 1.29 is 0 Å². The highest BCUT2D eigenvalue weighted by Gasteiger charge is 2.19. The molecular formula is C9H20N2S. The summed E-state index contributed by atoms with van der Waals surface area (Å²) < 4.78 is 3.34. The van der Waals surface area contributed by atoms with Crippen molar-refractivity contribution in [2.75, 3.05) is 19.3 Å². The third-order valence-electron chi connectivity index (χ3n) is 2.82. The Balaban J connectivity index is 2.09. The molecule has 0 unspecified atom stereocenters. The van der Waals surface area contributed by atoms with Gasteiger partial charge in [-0.3, -0.25) is 4.72 Å². The summed E-state index contributed by atoms with van der Waals surface area (Å²) in [7, 11) is 0. The maximum atomic E-state index is 5.63. The fourth-order valence-electron chi connectivity index (χ4n) is 1.87. The van der Waals surface area contributed by atoms with Crippen molar-refractivity contribution >= 4 is 11.9 Å². The number of nitrogens with one attached hydrogen (secondary N) is 1. The molecule has 0 amide bonds. The lowest BCUT2D eigenvalue weighted by atomic mass is 9.82. The highest BCUT2D eigenvalue weighted by Crippen LogP contribution is 2.27. The zero-order valence-corrected chi connectivity index (χ0v) is 8.70. The van der Waals surface area contributed by atoms with E-state index in [0.717, 1.165) is 18.4 Å². The van der Waals surface area contributed by atoms with E-state index in [2.05, 4.69) is 11.0 Å². The van der Waals surface area contributed by atoms with E-state index in [9.17, 15) is 0 Å². The maximum absolute atomic E-state index is 5.63. The van der Waals surface area contributed by atoms with Crippen LogP contribution >= 0.6 is 11.9 Å². The van der Waals surface area contributed by atoms with Crippen LogP contribution in [0.2, 0.25) is 0 Å². The van der Waals surface area contributed by atoms with Crippen molar-refractivity contribution in [3.05, 3.63) is 0 Å². The van der Waals surface area contributed by atoms with E-state index in [1.165, 1.54) is 32.2 Å². The summed E-state index contributed by atoms with van der Waals surface area (Å²) >= 11 is 1.73. The lowest BCUT2D eigenvalue weighted by Gasteiger charge is -2.27. The molecule has 0 heterocycles. The highest BCUT2D eigenvalue weighted by molar-refractivity contribution is 7.96. The Morgan fingerprint density at radius 3 is 2.33 bits per heavy atom. The predicted octanol–water partition coefficient (Wildman–Crippen LogP) is 1.62. The Bertz CT molecular complexity index is 111. The average molecular weight is 188 g/mol. The van der Waals surface area contributed by atoms with Crippen LogP contribution in [0.5, 0.6) is 0 Å². The standard InChI is InChI=1S/C9H20N2S/c1-12-11-7-9-4-2-8(6-10)3-5-9/h8-9,11H,2-7,10H2,1H3. The first-order valence-corrected chi connectivity index (χ1v) is 6.05. The van der Waals surface area contributed by atoms with E-state index >= 15 is 0 Å². The van der Waals surface area contributed by atoms with Crippen LogP contribution in [-0.4, -0.2) is 19.3 Å². The Morgan fingerprint density at radius 2 is 1.83 bits per heavy atom. The summed E-state index contributed by atoms with van der Waals surface area (Å²) in [6, 6.07) is 0. The fraction of sp³-hybridized carbons (Fsp3) is 1.00. The number of hydrogen-bond acceptors (Lipinski definition) is 3. The lowest BCUT2D eigenvalue weighted by Crippen LogP contribution is -2.26. The van der Waals surface area contributed by atoms with Gasteiger partial charge in [-0.15, -0.1) is 0 Å². The van der Waals surface area contributed by atoms with Crippen molar-refractivity contribution in [3.63, 3.8) is 0 Å². The molecule has 0 aromatic heterocycles. The van der Waals surface area contributed by atoms with Gasteiger partial charge >= 0.3 is 0 Å². The summed E-state index contributed by atoms with van der Waals surface area (Å²) in [4.78, 5) is 0. The summed E-state index contributed by atoms with van der Waals surface area (Å²) in [6.45, 7) is 2.07. The summed E-state index contributed by atoms with van der Waals surface area (Å²) in [5.41, 5.74) is 5.63. The molecule has 0 saturated heterocycles. The first kappa shape index (κ1) is 10.4. The molecule has 3 heteroatoms. The molecular weight excluding hydrogens is 168 g/mol. The van der Waals surface area contributed by atoms with Gasteiger partial charge in [-0.25, -0.2) is 0 Å². The predicted molar refractivity (Wildman–Crippen MR) is 56.0 cm³/mol. The third kappa shape index (κ3) is 3.33. The molecule has 3 N–H and O–H groups in total. The topological polar surface area (TPSA) is 38.0 Å². The summed E-state index contributed by atoms with van der Waals surface area (Å²) in [5, 5.41) is 0. The zero-order chi connectivity index (χ0) is 8.81. The normalized spacial score (nSPS) is 30.5. The second kappa shape index (κ2) is 5.84. The van der Waals surface area contributed by atoms with Gasteiger partial charge in [0, 0.05) is 6.54 Å². The van der Waals surface area contributed by atoms with Crippen LogP contribution in [0.1, 0.15) is 25.7 Å². The van der Waals surface area contributed by atoms with Gasteiger partial charge in [-0.1, -0.05) is 11.9 Å². The third-order valence-corrected chi connectivity index (χ3v) is 3.27. The van der Waals surface area contributed by atoms with Gasteiger partial charge in [0.25, 0.3) is 0 Å². The van der Waals surface area contributed by atoms with E-state index in [0.29, 0.717) is 0 Å². The van der Waals surface area contributed by atoms with Gasteiger partial charge in [0.2, 0.25) is 0 Å². The molecule has 1 saturated carbocycles. The van der Waals surface area contributed by atoms with Crippen LogP contribution < -0.4 is 10.5 Å². The van der Waals surface area contributed by atoms with Gasteiger partial charge < -0.3 is 5.73 Å². The van der Waals surface area contributed by atoms with Gasteiger partial charge in [-0.2, -0.15) is 0 Å². The maximum Gasteiger partial charge on any atom is 0.00867 e. The fourth-order valence-corrected chi connectivity index (χ4v) is 2.27.